The van der Waals surface area contributed by atoms with E-state index in [9.17, 15) is 14.3 Å². The van der Waals surface area contributed by atoms with E-state index in [0.717, 1.165) is 12.5 Å². The summed E-state index contributed by atoms with van der Waals surface area (Å²) in [5.74, 6) is -2.14. The number of hydrogen-bond donors (Lipinski definition) is 1. The number of fused-ring (bicyclic) bond motifs is 1. The van der Waals surface area contributed by atoms with Crippen molar-refractivity contribution < 1.29 is 32.9 Å². The van der Waals surface area contributed by atoms with Crippen molar-refractivity contribution in [3.8, 4) is 28.9 Å². The van der Waals surface area contributed by atoms with Gasteiger partial charge in [-0.2, -0.15) is 4.98 Å². The molecule has 0 bridgehead atoms. The number of imidazole rings is 1. The lowest BCUT2D eigenvalue weighted by atomic mass is 10.1. The monoisotopic (exact) mass is 568 g/mol. The third-order valence-electron chi connectivity index (χ3n) is 6.83. The second-order valence-electron chi connectivity index (χ2n) is 9.58. The molecule has 0 aliphatic carbocycles. The van der Waals surface area contributed by atoms with Crippen molar-refractivity contribution >= 4 is 22.7 Å². The van der Waals surface area contributed by atoms with E-state index in [-0.39, 0.29) is 47.2 Å². The van der Waals surface area contributed by atoms with Gasteiger partial charge < -0.3 is 19.3 Å². The number of aromatic nitrogens is 3. The quantitative estimate of drug-likeness (QED) is 0.196. The molecule has 0 spiro atoms. The van der Waals surface area contributed by atoms with Crippen LogP contribution in [0.1, 0.15) is 22.3 Å². The van der Waals surface area contributed by atoms with Gasteiger partial charge in [0.1, 0.15) is 12.4 Å². The summed E-state index contributed by atoms with van der Waals surface area (Å²) in [6.07, 6.45) is 0.751. The number of ether oxygens (including phenoxy) is 3. The largest absolute Gasteiger partial charge is 0.478 e. The lowest BCUT2D eigenvalue weighted by Crippen LogP contribution is -2.31. The Bertz CT molecular complexity index is 1860. The van der Waals surface area contributed by atoms with Crippen LogP contribution in [0.15, 0.2) is 72.8 Å². The first-order chi connectivity index (χ1) is 20.4. The molecule has 1 N–H and O–H groups in total. The summed E-state index contributed by atoms with van der Waals surface area (Å²) in [6, 6.07) is 18.1. The van der Waals surface area contributed by atoms with Crippen LogP contribution in [-0.4, -0.2) is 38.3 Å². The number of carboxylic acid groups (broad SMARTS) is 1. The van der Waals surface area contributed by atoms with Crippen molar-refractivity contribution in [3.63, 3.8) is 0 Å². The fraction of sp³-hybridized carbons (Fsp3) is 0.161. The highest BCUT2D eigenvalue weighted by Gasteiger charge is 2.24. The first-order valence-electron chi connectivity index (χ1n) is 13.0. The molecule has 6 rings (SSSR count). The Balaban J connectivity index is 1.23. The molecule has 210 valence electrons. The zero-order chi connectivity index (χ0) is 29.2. The summed E-state index contributed by atoms with van der Waals surface area (Å²) in [5, 5.41) is 9.43. The Hall–Kier alpha value is -5.34. The molecule has 9 nitrogen and oxygen atoms in total. The minimum Gasteiger partial charge on any atom is -0.478 e. The van der Waals surface area contributed by atoms with Crippen LogP contribution in [0.5, 0.6) is 17.6 Å². The standard InChI is InChI=1S/C31H22F2N4O5/c1-34-21-8-5-20(23(32)15-21)17-41-29-4-2-3-25(35-29)18-7-10-28(24(33)13-18)42-31-36-26-9-6-19(30(38)39)14-27(26)37(31)16-22-11-12-40-22/h2-10,13-15,22H,11-12,16-17H2,(H,38,39)/t22-/m0/s1. The molecule has 0 saturated carbocycles. The summed E-state index contributed by atoms with van der Waals surface area (Å²) < 4.78 is 48.3. The number of aromatic carboxylic acids is 1. The van der Waals surface area contributed by atoms with Crippen LogP contribution in [0, 0.1) is 18.2 Å². The molecule has 3 heterocycles. The lowest BCUT2D eigenvalue weighted by molar-refractivity contribution is -0.0593. The number of carbonyl (C=O) groups is 1. The molecule has 1 fully saturated rings. The third kappa shape index (κ3) is 5.48. The van der Waals surface area contributed by atoms with Gasteiger partial charge in [-0.3, -0.25) is 4.57 Å². The Morgan fingerprint density at radius 2 is 1.93 bits per heavy atom. The van der Waals surface area contributed by atoms with E-state index >= 15 is 4.39 Å². The number of pyridine rings is 1. The van der Waals surface area contributed by atoms with Gasteiger partial charge in [-0.05, 0) is 55.0 Å². The van der Waals surface area contributed by atoms with Crippen LogP contribution in [0.25, 0.3) is 27.1 Å². The van der Waals surface area contributed by atoms with Crippen LogP contribution in [-0.2, 0) is 17.9 Å². The van der Waals surface area contributed by atoms with E-state index in [0.29, 0.717) is 35.4 Å². The second-order valence-corrected chi connectivity index (χ2v) is 9.58. The zero-order valence-electron chi connectivity index (χ0n) is 22.0. The fourth-order valence-corrected chi connectivity index (χ4v) is 4.49. The summed E-state index contributed by atoms with van der Waals surface area (Å²) in [4.78, 5) is 23.6. The van der Waals surface area contributed by atoms with Gasteiger partial charge in [0.2, 0.25) is 5.88 Å². The average molecular weight is 569 g/mol. The molecular weight excluding hydrogens is 546 g/mol. The number of benzene rings is 3. The topological polar surface area (TPSA) is 100 Å². The number of hydrogen-bond acceptors (Lipinski definition) is 6. The van der Waals surface area contributed by atoms with Crippen LogP contribution >= 0.6 is 0 Å². The van der Waals surface area contributed by atoms with Crippen molar-refractivity contribution in [3.05, 3.63) is 107 Å². The Labute approximate surface area is 238 Å². The molecular formula is C31H22F2N4O5. The first kappa shape index (κ1) is 26.9. The van der Waals surface area contributed by atoms with Crippen molar-refractivity contribution in [1.29, 1.82) is 0 Å². The maximum Gasteiger partial charge on any atom is 0.335 e. The van der Waals surface area contributed by atoms with Crippen LogP contribution in [0.3, 0.4) is 0 Å². The molecule has 1 atom stereocenters. The number of rotatable bonds is 9. The van der Waals surface area contributed by atoms with Gasteiger partial charge >= 0.3 is 12.0 Å². The number of carboxylic acids is 1. The summed E-state index contributed by atoms with van der Waals surface area (Å²) in [7, 11) is 0. The Morgan fingerprint density at radius 3 is 2.64 bits per heavy atom. The maximum atomic E-state index is 15.3. The molecule has 1 aliphatic rings. The van der Waals surface area contributed by atoms with E-state index in [1.807, 2.05) is 0 Å². The minimum atomic E-state index is -1.07. The van der Waals surface area contributed by atoms with Gasteiger partial charge in [-0.25, -0.2) is 23.4 Å². The van der Waals surface area contributed by atoms with Crippen LogP contribution in [0.2, 0.25) is 0 Å². The molecule has 42 heavy (non-hydrogen) atoms. The maximum absolute atomic E-state index is 15.3. The first-order valence-corrected chi connectivity index (χ1v) is 13.0. The van der Waals surface area contributed by atoms with Crippen LogP contribution < -0.4 is 9.47 Å². The highest BCUT2D eigenvalue weighted by Crippen LogP contribution is 2.32. The molecule has 0 radical (unpaired) electrons. The van der Waals surface area contributed by atoms with Crippen LogP contribution in [0.4, 0.5) is 14.5 Å². The highest BCUT2D eigenvalue weighted by atomic mass is 19.1. The third-order valence-corrected chi connectivity index (χ3v) is 6.83. The fourth-order valence-electron chi connectivity index (χ4n) is 4.49. The van der Waals surface area contributed by atoms with Crippen molar-refractivity contribution in [2.45, 2.75) is 25.7 Å². The molecule has 0 unspecified atom stereocenters. The molecule has 2 aromatic heterocycles. The predicted octanol–water partition coefficient (Wildman–Crippen LogP) is 6.79. The SMILES string of the molecule is [C-]#[N+]c1ccc(COc2cccc(-c3ccc(Oc4nc5ccc(C(=O)O)cc5n4C[C@@H]4CCO4)c(F)c3)n2)c(F)c1. The molecule has 3 aromatic carbocycles. The smallest absolute Gasteiger partial charge is 0.335 e. The molecule has 1 saturated heterocycles. The summed E-state index contributed by atoms with van der Waals surface area (Å²) in [6.45, 7) is 7.89. The predicted molar refractivity (Wildman–Crippen MR) is 148 cm³/mol. The highest BCUT2D eigenvalue weighted by molar-refractivity contribution is 5.92. The average Bonchev–Trinajstić information content (AvgIpc) is 3.31. The van der Waals surface area contributed by atoms with Gasteiger partial charge in [0.25, 0.3) is 0 Å². The van der Waals surface area contributed by atoms with E-state index in [1.54, 1.807) is 34.9 Å². The number of halogens is 2. The van der Waals surface area contributed by atoms with Gasteiger partial charge in [0.15, 0.2) is 17.3 Å². The number of nitrogens with zero attached hydrogens (tertiary/aromatic N) is 4. The normalized spacial score (nSPS) is 14.3. The summed E-state index contributed by atoms with van der Waals surface area (Å²) in [5.41, 5.74) is 2.51. The van der Waals surface area contributed by atoms with E-state index in [1.165, 1.54) is 36.4 Å². The van der Waals surface area contributed by atoms with E-state index in [2.05, 4.69) is 14.8 Å². The van der Waals surface area contributed by atoms with Gasteiger partial charge in [0, 0.05) is 23.8 Å². The van der Waals surface area contributed by atoms with Gasteiger partial charge in [-0.15, -0.1) is 0 Å². The summed E-state index contributed by atoms with van der Waals surface area (Å²) >= 11 is 0. The molecule has 0 amide bonds. The minimum absolute atomic E-state index is 0.0750. The molecule has 5 aromatic rings. The molecule has 11 heteroatoms. The second kappa shape index (κ2) is 11.3. The van der Waals surface area contributed by atoms with Crippen molar-refractivity contribution in [2.75, 3.05) is 6.61 Å². The van der Waals surface area contributed by atoms with Gasteiger partial charge in [-0.1, -0.05) is 18.2 Å². The van der Waals surface area contributed by atoms with E-state index in [4.69, 9.17) is 20.8 Å². The van der Waals surface area contributed by atoms with Gasteiger partial charge in [0.05, 0.1) is 41.5 Å². The van der Waals surface area contributed by atoms with Crippen molar-refractivity contribution in [2.24, 2.45) is 0 Å². The Morgan fingerprint density at radius 1 is 1.07 bits per heavy atom. The zero-order valence-corrected chi connectivity index (χ0v) is 22.0. The molecule has 1 aliphatic heterocycles. The van der Waals surface area contributed by atoms with E-state index < -0.39 is 17.6 Å². The van der Waals surface area contributed by atoms with Crippen molar-refractivity contribution in [1.82, 2.24) is 14.5 Å². The lowest BCUT2D eigenvalue weighted by Gasteiger charge is -2.27. The Kier molecular flexibility index (Phi) is 7.21.